The van der Waals surface area contributed by atoms with E-state index in [0.29, 0.717) is 24.7 Å². The number of hydrogen-bond acceptors (Lipinski definition) is 7. The van der Waals surface area contributed by atoms with E-state index in [1.165, 1.54) is 0 Å². The van der Waals surface area contributed by atoms with Crippen LogP contribution in [0, 0.1) is 13.8 Å². The zero-order chi connectivity index (χ0) is 18.8. The first-order chi connectivity index (χ1) is 13.1. The number of aromatic nitrogens is 2. The van der Waals surface area contributed by atoms with Crippen LogP contribution in [-0.2, 0) is 16.0 Å². The number of urea groups is 1. The number of fused-ring (bicyclic) bond motifs is 1. The molecule has 27 heavy (non-hydrogen) atoms. The molecule has 0 saturated carbocycles. The first kappa shape index (κ1) is 17.7. The second kappa shape index (κ2) is 7.53. The van der Waals surface area contributed by atoms with Gasteiger partial charge in [0.25, 0.3) is 0 Å². The van der Waals surface area contributed by atoms with Crippen molar-refractivity contribution in [2.75, 3.05) is 13.2 Å². The maximum atomic E-state index is 12.1. The molecular weight excluding hydrogens is 352 g/mol. The Bertz CT molecular complexity index is 811. The highest BCUT2D eigenvalue weighted by Crippen LogP contribution is 2.30. The van der Waals surface area contributed by atoms with E-state index in [4.69, 9.17) is 18.7 Å². The summed E-state index contributed by atoms with van der Waals surface area (Å²) in [6.07, 6.45) is 1.02. The molecule has 2 aliphatic heterocycles. The fourth-order valence-electron chi connectivity index (χ4n) is 3.33. The summed E-state index contributed by atoms with van der Waals surface area (Å²) >= 11 is 0. The molecule has 2 aromatic rings. The molecule has 0 aromatic carbocycles. The Balaban J connectivity index is 1.29. The average molecular weight is 374 g/mol. The van der Waals surface area contributed by atoms with Crippen LogP contribution in [0.25, 0.3) is 0 Å². The van der Waals surface area contributed by atoms with Gasteiger partial charge in [-0.05, 0) is 26.0 Å². The van der Waals surface area contributed by atoms with E-state index in [0.717, 1.165) is 11.4 Å². The molecule has 2 aromatic heterocycles. The highest BCUT2D eigenvalue weighted by atomic mass is 16.6. The fourth-order valence-corrected chi connectivity index (χ4v) is 3.33. The van der Waals surface area contributed by atoms with Gasteiger partial charge in [-0.1, -0.05) is 5.16 Å². The number of nitrogens with zero attached hydrogens (tertiary/aromatic N) is 2. The summed E-state index contributed by atoms with van der Waals surface area (Å²) in [5.74, 6) is 1.31. The van der Waals surface area contributed by atoms with Crippen molar-refractivity contribution in [3.8, 4) is 5.75 Å². The summed E-state index contributed by atoms with van der Waals surface area (Å²) in [4.78, 5) is 16.4. The van der Waals surface area contributed by atoms with E-state index < -0.39 is 0 Å². The summed E-state index contributed by atoms with van der Waals surface area (Å²) in [6, 6.07) is 4.93. The van der Waals surface area contributed by atoms with Crippen LogP contribution < -0.4 is 15.4 Å². The third kappa shape index (κ3) is 3.88. The molecule has 2 saturated heterocycles. The lowest BCUT2D eigenvalue weighted by atomic mass is 10.1. The smallest absolute Gasteiger partial charge is 0.315 e. The maximum Gasteiger partial charge on any atom is 0.315 e. The number of amides is 2. The van der Waals surface area contributed by atoms with Crippen LogP contribution in [0.3, 0.4) is 0 Å². The molecule has 2 aliphatic rings. The van der Waals surface area contributed by atoms with Crippen molar-refractivity contribution in [3.05, 3.63) is 41.5 Å². The number of carbonyl (C=O) groups excluding carboxylic acids is 1. The zero-order valence-corrected chi connectivity index (χ0v) is 15.2. The van der Waals surface area contributed by atoms with Crippen LogP contribution >= 0.6 is 0 Å². The van der Waals surface area contributed by atoms with Crippen molar-refractivity contribution in [1.29, 1.82) is 0 Å². The Morgan fingerprint density at radius 2 is 2.15 bits per heavy atom. The predicted molar refractivity (Wildman–Crippen MR) is 93.3 cm³/mol. The van der Waals surface area contributed by atoms with E-state index in [1.807, 2.05) is 26.0 Å². The molecule has 0 bridgehead atoms. The van der Waals surface area contributed by atoms with Crippen molar-refractivity contribution < 1.29 is 23.5 Å². The second-order valence-electron chi connectivity index (χ2n) is 6.71. The number of pyridine rings is 1. The van der Waals surface area contributed by atoms with Gasteiger partial charge in [-0.25, -0.2) is 4.79 Å². The summed E-state index contributed by atoms with van der Waals surface area (Å²) in [5.41, 5.74) is 1.59. The van der Waals surface area contributed by atoms with E-state index in [9.17, 15) is 4.79 Å². The Hall–Kier alpha value is -2.65. The van der Waals surface area contributed by atoms with Gasteiger partial charge in [0, 0.05) is 12.3 Å². The molecule has 0 radical (unpaired) electrons. The minimum atomic E-state index is -0.311. The summed E-state index contributed by atoms with van der Waals surface area (Å²) in [5, 5.41) is 9.42. The van der Waals surface area contributed by atoms with Crippen molar-refractivity contribution in [2.24, 2.45) is 0 Å². The summed E-state index contributed by atoms with van der Waals surface area (Å²) in [6.45, 7) is 4.76. The first-order valence-electron chi connectivity index (χ1n) is 8.88. The molecular formula is C18H22N4O5. The van der Waals surface area contributed by atoms with Crippen molar-refractivity contribution >= 4 is 6.03 Å². The molecule has 2 amide bonds. The molecule has 0 aliphatic carbocycles. The minimum Gasteiger partial charge on any atom is -0.483 e. The number of ether oxygens (including phenoxy) is 3. The largest absolute Gasteiger partial charge is 0.483 e. The van der Waals surface area contributed by atoms with E-state index >= 15 is 0 Å². The van der Waals surface area contributed by atoms with Crippen LogP contribution in [0.15, 0.2) is 28.9 Å². The number of nitrogens with one attached hydrogen (secondary N) is 2. The Kier molecular flexibility index (Phi) is 4.95. The van der Waals surface area contributed by atoms with E-state index in [1.54, 1.807) is 12.3 Å². The van der Waals surface area contributed by atoms with Gasteiger partial charge in [-0.2, -0.15) is 0 Å². The van der Waals surface area contributed by atoms with E-state index in [-0.39, 0.29) is 36.9 Å². The lowest BCUT2D eigenvalue weighted by Gasteiger charge is -2.19. The Morgan fingerprint density at radius 3 is 2.93 bits per heavy atom. The van der Waals surface area contributed by atoms with E-state index in [2.05, 4.69) is 20.8 Å². The molecule has 0 unspecified atom stereocenters. The standard InChI is InChI=1S/C18H22N4O5/c1-10-6-12(27-22-10)7-20-18(23)21-13-8-24-17-15(9-25-16(13)17)26-14-4-3-5-19-11(14)2/h3-6,13,15-17H,7-9H2,1-2H3,(H2,20,21,23)/t13-,15-,16+,17+/m0/s1. The van der Waals surface area contributed by atoms with Gasteiger partial charge in [0.2, 0.25) is 0 Å². The summed E-state index contributed by atoms with van der Waals surface area (Å²) < 4.78 is 22.8. The van der Waals surface area contributed by atoms with Crippen LogP contribution in [0.1, 0.15) is 17.1 Å². The SMILES string of the molecule is Cc1cc(CNC(=O)N[C@H]2CO[C@H]3[C@@H]2OC[C@@H]3Oc2cccnc2C)on1. The monoisotopic (exact) mass is 374 g/mol. The van der Waals surface area contributed by atoms with Gasteiger partial charge in [0.1, 0.15) is 18.0 Å². The molecule has 2 N–H and O–H groups in total. The third-order valence-electron chi connectivity index (χ3n) is 4.66. The molecule has 4 rings (SSSR count). The quantitative estimate of drug-likeness (QED) is 0.807. The zero-order valence-electron chi connectivity index (χ0n) is 15.2. The number of hydrogen-bond donors (Lipinski definition) is 2. The first-order valence-corrected chi connectivity index (χ1v) is 8.88. The fraction of sp³-hybridized carbons (Fsp3) is 0.500. The Labute approximate surface area is 156 Å². The van der Waals surface area contributed by atoms with Crippen LogP contribution in [0.4, 0.5) is 4.79 Å². The molecule has 0 spiro atoms. The van der Waals surface area contributed by atoms with Crippen molar-refractivity contribution in [2.45, 2.75) is 44.7 Å². The van der Waals surface area contributed by atoms with Gasteiger partial charge < -0.3 is 29.4 Å². The highest BCUT2D eigenvalue weighted by molar-refractivity contribution is 5.74. The predicted octanol–water partition coefficient (Wildman–Crippen LogP) is 1.10. The molecule has 9 heteroatoms. The molecule has 144 valence electrons. The van der Waals surface area contributed by atoms with Gasteiger partial charge >= 0.3 is 6.03 Å². The number of rotatable bonds is 5. The van der Waals surface area contributed by atoms with Gasteiger partial charge in [-0.3, -0.25) is 4.98 Å². The van der Waals surface area contributed by atoms with Gasteiger partial charge in [0.05, 0.1) is 37.2 Å². The number of carbonyl (C=O) groups is 1. The van der Waals surface area contributed by atoms with Gasteiger partial charge in [0.15, 0.2) is 11.9 Å². The molecule has 2 fully saturated rings. The molecule has 9 nitrogen and oxygen atoms in total. The highest BCUT2D eigenvalue weighted by Gasteiger charge is 2.49. The average Bonchev–Trinajstić information content (AvgIpc) is 3.34. The molecule has 4 heterocycles. The number of aryl methyl sites for hydroxylation is 2. The third-order valence-corrected chi connectivity index (χ3v) is 4.66. The lowest BCUT2D eigenvalue weighted by molar-refractivity contribution is 0.0299. The Morgan fingerprint density at radius 1 is 1.30 bits per heavy atom. The topological polar surface area (TPSA) is 108 Å². The lowest BCUT2D eigenvalue weighted by Crippen LogP contribution is -2.48. The van der Waals surface area contributed by atoms with Crippen LogP contribution in [0.2, 0.25) is 0 Å². The maximum absolute atomic E-state index is 12.1. The van der Waals surface area contributed by atoms with Gasteiger partial charge in [-0.15, -0.1) is 0 Å². The normalized spacial score (nSPS) is 26.6. The molecule has 4 atom stereocenters. The second-order valence-corrected chi connectivity index (χ2v) is 6.71. The van der Waals surface area contributed by atoms with Crippen molar-refractivity contribution in [3.63, 3.8) is 0 Å². The van der Waals surface area contributed by atoms with Crippen molar-refractivity contribution in [1.82, 2.24) is 20.8 Å². The van der Waals surface area contributed by atoms with Crippen LogP contribution in [0.5, 0.6) is 5.75 Å². The summed E-state index contributed by atoms with van der Waals surface area (Å²) in [7, 11) is 0. The minimum absolute atomic E-state index is 0.230. The van der Waals surface area contributed by atoms with Crippen LogP contribution in [-0.4, -0.2) is 53.7 Å².